The summed E-state index contributed by atoms with van der Waals surface area (Å²) >= 11 is 0. The first kappa shape index (κ1) is 25.2. The Balaban J connectivity index is 1.76. The van der Waals surface area contributed by atoms with Gasteiger partial charge in [0.2, 0.25) is 5.91 Å². The number of likely N-dealkylation sites (N-methyl/N-ethyl adjacent to an activating group) is 1. The van der Waals surface area contributed by atoms with Crippen molar-refractivity contribution in [3.63, 3.8) is 0 Å². The molecule has 0 aromatic heterocycles. The summed E-state index contributed by atoms with van der Waals surface area (Å²) in [6.07, 6.45) is 0. The highest BCUT2D eigenvalue weighted by atomic mass is 16.5. The third-order valence-electron chi connectivity index (χ3n) is 7.10. The maximum Gasteiger partial charge on any atom is 0.318 e. The molecule has 0 radical (unpaired) electrons. The molecule has 190 valence electrons. The van der Waals surface area contributed by atoms with E-state index in [-0.39, 0.29) is 32.1 Å². The number of esters is 1. The molecule has 0 bridgehead atoms. The Labute approximate surface area is 211 Å². The number of rotatable bonds is 6. The number of urea groups is 1. The van der Waals surface area contributed by atoms with Gasteiger partial charge in [-0.2, -0.15) is 0 Å². The van der Waals surface area contributed by atoms with Crippen LogP contribution in [0.2, 0.25) is 0 Å². The van der Waals surface area contributed by atoms with E-state index in [1.807, 2.05) is 42.5 Å². The lowest BCUT2D eigenvalue weighted by atomic mass is 9.72. The van der Waals surface area contributed by atoms with E-state index in [1.165, 1.54) is 14.7 Å². The third-order valence-corrected chi connectivity index (χ3v) is 7.10. The first-order valence-electron chi connectivity index (χ1n) is 12.1. The second-order valence-corrected chi connectivity index (χ2v) is 9.48. The Morgan fingerprint density at radius 1 is 1.08 bits per heavy atom. The molecular weight excluding hydrogens is 460 g/mol. The van der Waals surface area contributed by atoms with E-state index in [0.717, 1.165) is 11.1 Å². The zero-order chi connectivity index (χ0) is 26.0. The molecule has 1 saturated heterocycles. The van der Waals surface area contributed by atoms with Crippen molar-refractivity contribution < 1.29 is 23.9 Å². The van der Waals surface area contributed by atoms with Crippen molar-refractivity contribution in [2.75, 3.05) is 38.7 Å². The molecule has 9 nitrogen and oxygen atoms in total. The molecule has 4 rings (SSSR count). The van der Waals surface area contributed by atoms with Crippen molar-refractivity contribution in [3.05, 3.63) is 65.7 Å². The number of carbonyl (C=O) groups is 4. The number of hydrogen-bond acceptors (Lipinski definition) is 5. The van der Waals surface area contributed by atoms with Crippen LogP contribution in [0.1, 0.15) is 30.9 Å². The fourth-order valence-electron chi connectivity index (χ4n) is 5.25. The van der Waals surface area contributed by atoms with Gasteiger partial charge in [-0.25, -0.2) is 4.79 Å². The van der Waals surface area contributed by atoms with Gasteiger partial charge in [0.15, 0.2) is 0 Å². The molecule has 2 aromatic rings. The lowest BCUT2D eigenvalue weighted by molar-refractivity contribution is -0.148. The second-order valence-electron chi connectivity index (χ2n) is 9.48. The summed E-state index contributed by atoms with van der Waals surface area (Å²) in [6.45, 7) is 3.73. The minimum Gasteiger partial charge on any atom is -0.466 e. The van der Waals surface area contributed by atoms with E-state index in [4.69, 9.17) is 4.74 Å². The quantitative estimate of drug-likeness (QED) is 0.625. The van der Waals surface area contributed by atoms with Crippen molar-refractivity contribution >= 4 is 29.5 Å². The number of amides is 4. The third kappa shape index (κ3) is 4.29. The van der Waals surface area contributed by atoms with Crippen LogP contribution in [-0.4, -0.2) is 72.9 Å². The molecule has 4 amide bonds. The minimum atomic E-state index is -1.39. The first-order chi connectivity index (χ1) is 17.2. The maximum atomic E-state index is 14.1. The lowest BCUT2D eigenvalue weighted by Gasteiger charge is -2.46. The van der Waals surface area contributed by atoms with Crippen molar-refractivity contribution in [1.29, 1.82) is 0 Å². The summed E-state index contributed by atoms with van der Waals surface area (Å²) in [4.78, 5) is 57.7. The fraction of sp³-hybridized carbons (Fsp3) is 0.407. The number of ether oxygens (including phenoxy) is 1. The molecule has 2 aromatic carbocycles. The number of para-hydroxylation sites is 1. The Morgan fingerprint density at radius 2 is 1.75 bits per heavy atom. The van der Waals surface area contributed by atoms with E-state index >= 15 is 0 Å². The van der Waals surface area contributed by atoms with Gasteiger partial charge in [0, 0.05) is 38.8 Å². The van der Waals surface area contributed by atoms with Gasteiger partial charge in [-0.05, 0) is 31.0 Å². The summed E-state index contributed by atoms with van der Waals surface area (Å²) in [7, 11) is 3.26. The van der Waals surface area contributed by atoms with E-state index in [9.17, 15) is 19.2 Å². The zero-order valence-corrected chi connectivity index (χ0v) is 21.1. The SMILES string of the molecule is CCOC(=O)[C@H]1CN(C(=O)NCc2ccccc2)[C@]2(C)C(=O)N(CC(=O)N(C)C)c3ccccc3[C@H]12. The first-order valence-corrected chi connectivity index (χ1v) is 12.1. The molecule has 0 aliphatic carbocycles. The number of benzene rings is 2. The van der Waals surface area contributed by atoms with Crippen LogP contribution in [0.25, 0.3) is 0 Å². The monoisotopic (exact) mass is 492 g/mol. The lowest BCUT2D eigenvalue weighted by Crippen LogP contribution is -2.63. The summed E-state index contributed by atoms with van der Waals surface area (Å²) in [5, 5.41) is 2.90. The van der Waals surface area contributed by atoms with Crippen LogP contribution in [-0.2, 0) is 25.7 Å². The van der Waals surface area contributed by atoms with Gasteiger partial charge in [-0.1, -0.05) is 48.5 Å². The van der Waals surface area contributed by atoms with E-state index in [2.05, 4.69) is 5.32 Å². The molecule has 3 atom stereocenters. The smallest absolute Gasteiger partial charge is 0.318 e. The van der Waals surface area contributed by atoms with Gasteiger partial charge in [0.1, 0.15) is 12.1 Å². The summed E-state index contributed by atoms with van der Waals surface area (Å²) in [5.41, 5.74) is 0.829. The molecule has 2 heterocycles. The Morgan fingerprint density at radius 3 is 2.42 bits per heavy atom. The molecular formula is C27H32N4O5. The molecule has 0 unspecified atom stereocenters. The van der Waals surface area contributed by atoms with E-state index < -0.39 is 35.3 Å². The number of fused-ring (bicyclic) bond motifs is 3. The molecule has 9 heteroatoms. The largest absolute Gasteiger partial charge is 0.466 e. The predicted octanol–water partition coefficient (Wildman–Crippen LogP) is 2.37. The highest BCUT2D eigenvalue weighted by Crippen LogP contribution is 2.53. The van der Waals surface area contributed by atoms with E-state index in [0.29, 0.717) is 5.69 Å². The van der Waals surface area contributed by atoms with Crippen LogP contribution in [0.15, 0.2) is 54.6 Å². The van der Waals surface area contributed by atoms with Crippen LogP contribution in [0.4, 0.5) is 10.5 Å². The highest BCUT2D eigenvalue weighted by Gasteiger charge is 2.64. The second kappa shape index (κ2) is 10.0. The Kier molecular flexibility index (Phi) is 7.01. The minimum absolute atomic E-state index is 0.0240. The van der Waals surface area contributed by atoms with Crippen molar-refractivity contribution in [1.82, 2.24) is 15.1 Å². The van der Waals surface area contributed by atoms with Crippen molar-refractivity contribution in [2.45, 2.75) is 31.8 Å². The normalized spacial score (nSPS) is 22.5. The van der Waals surface area contributed by atoms with E-state index in [1.54, 1.807) is 40.1 Å². The zero-order valence-electron chi connectivity index (χ0n) is 21.1. The van der Waals surface area contributed by atoms with Gasteiger partial charge in [-0.15, -0.1) is 0 Å². The van der Waals surface area contributed by atoms with Gasteiger partial charge >= 0.3 is 12.0 Å². The number of nitrogens with one attached hydrogen (secondary N) is 1. The molecule has 0 spiro atoms. The summed E-state index contributed by atoms with van der Waals surface area (Å²) in [5.74, 6) is -2.45. The molecule has 1 N–H and O–H groups in total. The molecule has 36 heavy (non-hydrogen) atoms. The van der Waals surface area contributed by atoms with Crippen molar-refractivity contribution in [3.8, 4) is 0 Å². The average Bonchev–Trinajstić information content (AvgIpc) is 3.20. The van der Waals surface area contributed by atoms with Crippen molar-refractivity contribution in [2.24, 2.45) is 5.92 Å². The summed E-state index contributed by atoms with van der Waals surface area (Å²) in [6, 6.07) is 16.3. The average molecular weight is 493 g/mol. The molecule has 0 saturated carbocycles. The molecule has 2 aliphatic rings. The number of carbonyl (C=O) groups excluding carboxylic acids is 4. The maximum absolute atomic E-state index is 14.1. The highest BCUT2D eigenvalue weighted by molar-refractivity contribution is 6.09. The number of hydrogen-bond donors (Lipinski definition) is 1. The number of nitrogens with zero attached hydrogens (tertiary/aromatic N) is 3. The fourth-order valence-corrected chi connectivity index (χ4v) is 5.25. The standard InChI is InChI=1S/C27H32N4O5/c1-5-36-24(33)20-16-31(26(35)28-15-18-11-7-6-8-12-18)27(2)23(20)19-13-9-10-14-21(19)30(25(27)34)17-22(32)29(3)4/h6-14,20,23H,5,15-17H2,1-4H3,(H,28,35)/t20-,23+,27-/m0/s1. The number of anilines is 1. The molecule has 1 fully saturated rings. The summed E-state index contributed by atoms with van der Waals surface area (Å²) < 4.78 is 5.37. The predicted molar refractivity (Wildman–Crippen MR) is 134 cm³/mol. The van der Waals surface area contributed by atoms with Gasteiger partial charge in [-0.3, -0.25) is 14.4 Å². The van der Waals surface area contributed by atoms with Crippen LogP contribution in [0.5, 0.6) is 0 Å². The molecule has 2 aliphatic heterocycles. The van der Waals surface area contributed by atoms with Crippen LogP contribution in [0.3, 0.4) is 0 Å². The number of likely N-dealkylation sites (tertiary alicyclic amines) is 1. The Hall–Kier alpha value is -3.88. The van der Waals surface area contributed by atoms with Crippen LogP contribution in [0, 0.1) is 5.92 Å². The van der Waals surface area contributed by atoms with Gasteiger partial charge < -0.3 is 24.8 Å². The van der Waals surface area contributed by atoms with Crippen LogP contribution < -0.4 is 10.2 Å². The topological polar surface area (TPSA) is 99.3 Å². The van der Waals surface area contributed by atoms with Crippen LogP contribution >= 0.6 is 0 Å². The van der Waals surface area contributed by atoms with Gasteiger partial charge in [0.05, 0.1) is 12.5 Å². The Bertz CT molecular complexity index is 1170. The van der Waals surface area contributed by atoms with Gasteiger partial charge in [0.25, 0.3) is 5.91 Å².